The fraction of sp³-hybridized carbons (Fsp3) is 0.286. The molecule has 18 heavy (non-hydrogen) atoms. The van der Waals surface area contributed by atoms with Crippen molar-refractivity contribution in [2.24, 2.45) is 10.9 Å². The molecule has 4 nitrogen and oxygen atoms in total. The second kappa shape index (κ2) is 4.29. The van der Waals surface area contributed by atoms with Gasteiger partial charge in [-0.3, -0.25) is 4.79 Å². The van der Waals surface area contributed by atoms with Crippen LogP contribution in [-0.4, -0.2) is 25.3 Å². The lowest BCUT2D eigenvalue weighted by Gasteiger charge is -2.20. The molecule has 3 rings (SSSR count). The maximum Gasteiger partial charge on any atom is 0.202 e. The van der Waals surface area contributed by atoms with Crippen LogP contribution >= 0.6 is 0 Å². The minimum absolute atomic E-state index is 0.125. The topological polar surface area (TPSA) is 47.9 Å². The first-order valence-electron chi connectivity index (χ1n) is 5.84. The van der Waals surface area contributed by atoms with Gasteiger partial charge in [-0.15, -0.1) is 0 Å². The molecule has 0 bridgehead atoms. The number of nitrogens with zero attached hydrogens (tertiary/aromatic N) is 1. The predicted octanol–water partition coefficient (Wildman–Crippen LogP) is 1.78. The molecule has 0 aromatic heterocycles. The van der Waals surface area contributed by atoms with Crippen LogP contribution in [0.2, 0.25) is 0 Å². The van der Waals surface area contributed by atoms with Crippen molar-refractivity contribution in [1.82, 2.24) is 0 Å². The van der Waals surface area contributed by atoms with E-state index in [0.29, 0.717) is 12.2 Å². The Labute approximate surface area is 105 Å². The van der Waals surface area contributed by atoms with Crippen LogP contribution in [0, 0.1) is 5.92 Å². The first kappa shape index (κ1) is 11.0. The van der Waals surface area contributed by atoms with Crippen molar-refractivity contribution in [3.63, 3.8) is 0 Å². The third kappa shape index (κ3) is 1.79. The van der Waals surface area contributed by atoms with Crippen LogP contribution in [-0.2, 0) is 11.2 Å². The van der Waals surface area contributed by atoms with Gasteiger partial charge in [-0.2, -0.15) is 0 Å². The number of ketones is 1. The molecule has 2 heterocycles. The summed E-state index contributed by atoms with van der Waals surface area (Å²) in [7, 11) is 1.61. The van der Waals surface area contributed by atoms with Crippen molar-refractivity contribution in [3.8, 4) is 11.5 Å². The zero-order valence-corrected chi connectivity index (χ0v) is 10.00. The van der Waals surface area contributed by atoms with Gasteiger partial charge in [-0.25, -0.2) is 4.99 Å². The number of aliphatic imine (C=N–C) groups is 1. The van der Waals surface area contributed by atoms with E-state index in [1.54, 1.807) is 19.4 Å². The van der Waals surface area contributed by atoms with E-state index >= 15 is 0 Å². The van der Waals surface area contributed by atoms with Crippen molar-refractivity contribution >= 4 is 12.0 Å². The Morgan fingerprint density at radius 3 is 3.17 bits per heavy atom. The molecule has 0 radical (unpaired) electrons. The number of carbonyl (C=O) groups excluding carboxylic acids is 1. The molecule has 1 aromatic rings. The van der Waals surface area contributed by atoms with Crippen molar-refractivity contribution in [2.45, 2.75) is 12.6 Å². The number of allylic oxidation sites excluding steroid dienone is 1. The van der Waals surface area contributed by atoms with Crippen LogP contribution in [0.15, 0.2) is 35.3 Å². The van der Waals surface area contributed by atoms with Crippen molar-refractivity contribution in [3.05, 3.63) is 35.9 Å². The van der Waals surface area contributed by atoms with Crippen LogP contribution < -0.4 is 9.47 Å². The minimum Gasteiger partial charge on any atom is -0.497 e. The second-order valence-corrected chi connectivity index (χ2v) is 4.33. The molecule has 0 fully saturated rings. The summed E-state index contributed by atoms with van der Waals surface area (Å²) in [5, 5.41) is 0. The summed E-state index contributed by atoms with van der Waals surface area (Å²) in [4.78, 5) is 16.4. The second-order valence-electron chi connectivity index (χ2n) is 4.33. The monoisotopic (exact) mass is 243 g/mol. The van der Waals surface area contributed by atoms with Crippen LogP contribution in [0.4, 0.5) is 0 Å². The standard InChI is InChI=1S/C14H13NO3/c1-17-10-4-5-13-9(7-10)8-12(16)11-3-2-6-15-14(11)18-13/h2-7,11,14H,8H2,1H3. The molecule has 4 heteroatoms. The van der Waals surface area contributed by atoms with Crippen molar-refractivity contribution < 1.29 is 14.3 Å². The molecule has 0 aliphatic carbocycles. The number of methoxy groups -OCH3 is 1. The number of benzene rings is 1. The Bertz CT molecular complexity index is 548. The molecule has 92 valence electrons. The van der Waals surface area contributed by atoms with Crippen LogP contribution in [0.3, 0.4) is 0 Å². The van der Waals surface area contributed by atoms with Gasteiger partial charge in [0.15, 0.2) is 0 Å². The predicted molar refractivity (Wildman–Crippen MR) is 67.2 cm³/mol. The molecular weight excluding hydrogens is 230 g/mol. The smallest absolute Gasteiger partial charge is 0.202 e. The zero-order chi connectivity index (χ0) is 12.5. The van der Waals surface area contributed by atoms with Gasteiger partial charge in [-0.05, 0) is 24.3 Å². The van der Waals surface area contributed by atoms with E-state index in [9.17, 15) is 4.79 Å². The number of ether oxygens (including phenoxy) is 2. The highest BCUT2D eigenvalue weighted by atomic mass is 16.5. The molecular formula is C14H13NO3. The summed E-state index contributed by atoms with van der Waals surface area (Å²) in [5.74, 6) is 1.28. The minimum atomic E-state index is -0.433. The van der Waals surface area contributed by atoms with Crippen molar-refractivity contribution in [1.29, 1.82) is 0 Å². The van der Waals surface area contributed by atoms with Gasteiger partial charge in [-0.1, -0.05) is 6.08 Å². The number of hydrogen-bond acceptors (Lipinski definition) is 4. The maximum atomic E-state index is 12.2. The summed E-state index contributed by atoms with van der Waals surface area (Å²) in [6.45, 7) is 0. The number of rotatable bonds is 1. The Morgan fingerprint density at radius 1 is 1.44 bits per heavy atom. The lowest BCUT2D eigenvalue weighted by Crippen LogP contribution is -2.30. The fourth-order valence-electron chi connectivity index (χ4n) is 2.23. The average Bonchev–Trinajstić information content (AvgIpc) is 2.54. The Hall–Kier alpha value is -2.10. The van der Waals surface area contributed by atoms with Gasteiger partial charge in [0, 0.05) is 18.2 Å². The largest absolute Gasteiger partial charge is 0.497 e. The highest BCUT2D eigenvalue weighted by Gasteiger charge is 2.32. The number of Topliss-reactive ketones (excluding diaryl/α,β-unsaturated/α-hetero) is 1. The van der Waals surface area contributed by atoms with Crippen LogP contribution in [0.5, 0.6) is 11.5 Å². The first-order chi connectivity index (χ1) is 8.78. The van der Waals surface area contributed by atoms with E-state index in [4.69, 9.17) is 9.47 Å². The molecule has 2 aliphatic rings. The highest BCUT2D eigenvalue weighted by molar-refractivity contribution is 5.89. The number of dihydropyridines is 1. The number of fused-ring (bicyclic) bond motifs is 2. The summed E-state index contributed by atoms with van der Waals surface area (Å²) >= 11 is 0. The number of hydrogen-bond donors (Lipinski definition) is 0. The lowest BCUT2D eigenvalue weighted by atomic mass is 9.96. The van der Waals surface area contributed by atoms with Gasteiger partial charge < -0.3 is 9.47 Å². The number of carbonyl (C=O) groups is 1. The zero-order valence-electron chi connectivity index (χ0n) is 10.00. The Morgan fingerprint density at radius 2 is 2.33 bits per heavy atom. The molecule has 0 spiro atoms. The van der Waals surface area contributed by atoms with Crippen LogP contribution in [0.25, 0.3) is 0 Å². The fourth-order valence-corrected chi connectivity index (χ4v) is 2.23. The highest BCUT2D eigenvalue weighted by Crippen LogP contribution is 2.32. The van der Waals surface area contributed by atoms with E-state index in [0.717, 1.165) is 11.3 Å². The Kier molecular flexibility index (Phi) is 2.63. The van der Waals surface area contributed by atoms with E-state index in [-0.39, 0.29) is 11.7 Å². The normalized spacial score (nSPS) is 24.8. The third-order valence-electron chi connectivity index (χ3n) is 3.20. The Balaban J connectivity index is 2.01. The summed E-state index contributed by atoms with van der Waals surface area (Å²) in [5.41, 5.74) is 0.859. The molecule has 2 aliphatic heterocycles. The van der Waals surface area contributed by atoms with Crippen LogP contribution in [0.1, 0.15) is 5.56 Å². The van der Waals surface area contributed by atoms with Gasteiger partial charge >= 0.3 is 0 Å². The van der Waals surface area contributed by atoms with Gasteiger partial charge in [0.25, 0.3) is 0 Å². The molecule has 0 N–H and O–H groups in total. The quantitative estimate of drug-likeness (QED) is 0.755. The SMILES string of the molecule is COc1ccc2c(c1)CC(=O)C1C=CC=NC1O2. The van der Waals surface area contributed by atoms with E-state index in [1.807, 2.05) is 24.3 Å². The van der Waals surface area contributed by atoms with Gasteiger partial charge in [0.2, 0.25) is 6.23 Å². The first-order valence-corrected chi connectivity index (χ1v) is 5.84. The molecule has 1 aromatic carbocycles. The van der Waals surface area contributed by atoms with Crippen molar-refractivity contribution in [2.75, 3.05) is 7.11 Å². The van der Waals surface area contributed by atoms with E-state index < -0.39 is 6.23 Å². The lowest BCUT2D eigenvalue weighted by molar-refractivity contribution is -0.122. The summed E-state index contributed by atoms with van der Waals surface area (Å²) in [6.07, 6.45) is 5.23. The average molecular weight is 243 g/mol. The summed E-state index contributed by atoms with van der Waals surface area (Å²) < 4.78 is 11.0. The van der Waals surface area contributed by atoms with Gasteiger partial charge in [0.05, 0.1) is 13.0 Å². The van der Waals surface area contributed by atoms with E-state index in [2.05, 4.69) is 4.99 Å². The van der Waals surface area contributed by atoms with E-state index in [1.165, 1.54) is 0 Å². The summed E-state index contributed by atoms with van der Waals surface area (Å²) in [6, 6.07) is 5.50. The molecule has 0 amide bonds. The molecule has 0 saturated carbocycles. The maximum absolute atomic E-state index is 12.2. The molecule has 2 unspecified atom stereocenters. The molecule has 0 saturated heterocycles. The third-order valence-corrected chi connectivity index (χ3v) is 3.20. The van der Waals surface area contributed by atoms with Gasteiger partial charge in [0.1, 0.15) is 17.3 Å². The molecule has 2 atom stereocenters.